The van der Waals surface area contributed by atoms with Crippen LogP contribution in [-0.4, -0.2) is 17.1 Å². The Morgan fingerprint density at radius 1 is 0.864 bits per heavy atom. The number of carbonyl (C=O) groups is 1. The van der Waals surface area contributed by atoms with E-state index < -0.39 is 0 Å². The number of aromatic hydroxyl groups is 1. The van der Waals surface area contributed by atoms with E-state index in [1.165, 1.54) is 57.8 Å². The van der Waals surface area contributed by atoms with E-state index in [9.17, 15) is 9.90 Å². The molecule has 1 aliphatic rings. The highest BCUT2D eigenvalue weighted by Gasteiger charge is 2.16. The van der Waals surface area contributed by atoms with Crippen molar-refractivity contribution in [2.75, 3.05) is 0 Å². The topological polar surface area (TPSA) is 49.3 Å². The lowest BCUT2D eigenvalue weighted by Gasteiger charge is -2.20. The monoisotopic (exact) mass is 303 g/mol. The molecule has 1 saturated carbocycles. The maximum Gasteiger partial charge on any atom is 0.255 e. The molecule has 0 bridgehead atoms. The van der Waals surface area contributed by atoms with Gasteiger partial charge in [-0.2, -0.15) is 0 Å². The number of para-hydroxylation sites is 1. The Hall–Kier alpha value is -1.51. The Bertz CT molecular complexity index is 447. The molecule has 2 rings (SSSR count). The van der Waals surface area contributed by atoms with E-state index in [1.54, 1.807) is 24.3 Å². The second kappa shape index (κ2) is 9.50. The third-order valence-corrected chi connectivity index (χ3v) is 4.59. The Labute approximate surface area is 134 Å². The summed E-state index contributed by atoms with van der Waals surface area (Å²) in [6.07, 6.45) is 13.7. The number of nitrogens with one attached hydrogen (secondary N) is 1. The molecule has 1 aliphatic carbocycles. The minimum absolute atomic E-state index is 0.0631. The molecule has 22 heavy (non-hydrogen) atoms. The van der Waals surface area contributed by atoms with Crippen molar-refractivity contribution in [1.29, 1.82) is 0 Å². The molecule has 3 nitrogen and oxygen atoms in total. The van der Waals surface area contributed by atoms with Gasteiger partial charge in [-0.3, -0.25) is 4.79 Å². The Balaban J connectivity index is 1.89. The van der Waals surface area contributed by atoms with Crippen molar-refractivity contribution in [2.45, 2.75) is 76.7 Å². The second-order valence-electron chi connectivity index (χ2n) is 6.45. The molecule has 122 valence electrons. The van der Waals surface area contributed by atoms with Gasteiger partial charge in [-0.1, -0.05) is 69.9 Å². The number of rotatable bonds is 2. The minimum Gasteiger partial charge on any atom is -0.507 e. The largest absolute Gasteiger partial charge is 0.507 e. The van der Waals surface area contributed by atoms with Gasteiger partial charge in [0.05, 0.1) is 5.56 Å². The molecular weight excluding hydrogens is 274 g/mol. The standard InChI is InChI=1S/C19H29NO2/c21-18-15-11-10-14-17(18)19(22)20-16-12-8-6-4-2-1-3-5-7-9-13-16/h10-11,14-16,21H,1-9,12-13H2,(H,20,22). The molecule has 1 aromatic carbocycles. The molecule has 0 radical (unpaired) electrons. The third kappa shape index (κ3) is 5.70. The quantitative estimate of drug-likeness (QED) is 0.825. The predicted octanol–water partition coefficient (Wildman–Crippen LogP) is 4.80. The lowest BCUT2D eigenvalue weighted by Crippen LogP contribution is -2.35. The summed E-state index contributed by atoms with van der Waals surface area (Å²) in [5.41, 5.74) is 0.383. The van der Waals surface area contributed by atoms with Gasteiger partial charge in [-0.05, 0) is 25.0 Å². The molecule has 0 aliphatic heterocycles. The van der Waals surface area contributed by atoms with E-state index in [2.05, 4.69) is 5.32 Å². The van der Waals surface area contributed by atoms with Gasteiger partial charge in [0, 0.05) is 6.04 Å². The van der Waals surface area contributed by atoms with Crippen molar-refractivity contribution >= 4 is 5.91 Å². The third-order valence-electron chi connectivity index (χ3n) is 4.59. The fourth-order valence-corrected chi connectivity index (χ4v) is 3.24. The average molecular weight is 303 g/mol. The number of benzene rings is 1. The highest BCUT2D eigenvalue weighted by Crippen LogP contribution is 2.19. The number of amides is 1. The summed E-state index contributed by atoms with van der Waals surface area (Å²) in [6.45, 7) is 0. The Kier molecular flexibility index (Phi) is 7.27. The SMILES string of the molecule is O=C(NC1CCCCCCCCCCC1)c1ccccc1O. The summed E-state index contributed by atoms with van der Waals surface area (Å²) >= 11 is 0. The summed E-state index contributed by atoms with van der Waals surface area (Å²) in [6, 6.07) is 7.01. The van der Waals surface area contributed by atoms with Crippen molar-refractivity contribution in [2.24, 2.45) is 0 Å². The second-order valence-corrected chi connectivity index (χ2v) is 6.45. The molecule has 1 fully saturated rings. The first-order chi connectivity index (χ1) is 10.8. The molecule has 1 aromatic rings. The highest BCUT2D eigenvalue weighted by molar-refractivity contribution is 5.96. The van der Waals surface area contributed by atoms with E-state index >= 15 is 0 Å². The Morgan fingerprint density at radius 2 is 1.36 bits per heavy atom. The lowest BCUT2D eigenvalue weighted by molar-refractivity contribution is 0.0928. The number of phenolic OH excluding ortho intramolecular Hbond substituents is 1. The van der Waals surface area contributed by atoms with Crippen LogP contribution < -0.4 is 5.32 Å². The van der Waals surface area contributed by atoms with Gasteiger partial charge in [0.15, 0.2) is 0 Å². The van der Waals surface area contributed by atoms with E-state index in [4.69, 9.17) is 0 Å². The average Bonchev–Trinajstić information content (AvgIpc) is 2.50. The predicted molar refractivity (Wildman–Crippen MR) is 90.1 cm³/mol. The zero-order valence-electron chi connectivity index (χ0n) is 13.5. The van der Waals surface area contributed by atoms with E-state index in [0.717, 1.165) is 12.8 Å². The maximum atomic E-state index is 12.3. The number of carbonyl (C=O) groups excluding carboxylic acids is 1. The molecule has 2 N–H and O–H groups in total. The minimum atomic E-state index is -0.143. The van der Waals surface area contributed by atoms with Crippen molar-refractivity contribution in [3.8, 4) is 5.75 Å². The van der Waals surface area contributed by atoms with Crippen molar-refractivity contribution in [3.63, 3.8) is 0 Å². The summed E-state index contributed by atoms with van der Waals surface area (Å²) in [4.78, 5) is 12.3. The maximum absolute atomic E-state index is 12.3. The van der Waals surface area contributed by atoms with Crippen molar-refractivity contribution in [1.82, 2.24) is 5.32 Å². The van der Waals surface area contributed by atoms with Crippen LogP contribution in [0.25, 0.3) is 0 Å². The van der Waals surface area contributed by atoms with Crippen LogP contribution in [0.2, 0.25) is 0 Å². The van der Waals surface area contributed by atoms with Crippen LogP contribution in [0.1, 0.15) is 81.0 Å². The molecule has 1 amide bonds. The molecule has 0 heterocycles. The van der Waals surface area contributed by atoms with Crippen LogP contribution in [0.3, 0.4) is 0 Å². The fraction of sp³-hybridized carbons (Fsp3) is 0.632. The summed E-state index contributed by atoms with van der Waals surface area (Å²) in [5, 5.41) is 12.9. The van der Waals surface area contributed by atoms with E-state index in [0.29, 0.717) is 5.56 Å². The van der Waals surface area contributed by atoms with Gasteiger partial charge < -0.3 is 10.4 Å². The van der Waals surface area contributed by atoms with Crippen LogP contribution in [0.15, 0.2) is 24.3 Å². The van der Waals surface area contributed by atoms with Crippen LogP contribution in [0, 0.1) is 0 Å². The first-order valence-electron chi connectivity index (χ1n) is 8.86. The molecule has 0 spiro atoms. The van der Waals surface area contributed by atoms with E-state index in [1.807, 2.05) is 0 Å². The molecule has 0 unspecified atom stereocenters. The highest BCUT2D eigenvalue weighted by atomic mass is 16.3. The van der Waals surface area contributed by atoms with Gasteiger partial charge in [0.2, 0.25) is 0 Å². The fourth-order valence-electron chi connectivity index (χ4n) is 3.24. The van der Waals surface area contributed by atoms with Crippen molar-refractivity contribution < 1.29 is 9.90 Å². The molecule has 3 heteroatoms. The van der Waals surface area contributed by atoms with Gasteiger partial charge in [-0.15, -0.1) is 0 Å². The van der Waals surface area contributed by atoms with Crippen LogP contribution in [-0.2, 0) is 0 Å². The van der Waals surface area contributed by atoms with Crippen molar-refractivity contribution in [3.05, 3.63) is 29.8 Å². The van der Waals surface area contributed by atoms with Gasteiger partial charge in [0.25, 0.3) is 5.91 Å². The molecule has 0 saturated heterocycles. The van der Waals surface area contributed by atoms with Crippen LogP contribution >= 0.6 is 0 Å². The first kappa shape index (κ1) is 16.9. The van der Waals surface area contributed by atoms with E-state index in [-0.39, 0.29) is 17.7 Å². The Morgan fingerprint density at radius 3 is 1.91 bits per heavy atom. The summed E-state index contributed by atoms with van der Waals surface area (Å²) < 4.78 is 0. The molecule has 0 aromatic heterocycles. The zero-order chi connectivity index (χ0) is 15.6. The number of hydrogen-bond donors (Lipinski definition) is 2. The summed E-state index contributed by atoms with van der Waals surface area (Å²) in [5.74, 6) is -0.0802. The van der Waals surface area contributed by atoms with Crippen LogP contribution in [0.5, 0.6) is 5.75 Å². The number of hydrogen-bond acceptors (Lipinski definition) is 2. The summed E-state index contributed by atoms with van der Waals surface area (Å²) in [7, 11) is 0. The van der Waals surface area contributed by atoms with Crippen LogP contribution in [0.4, 0.5) is 0 Å². The molecule has 0 atom stereocenters. The smallest absolute Gasteiger partial charge is 0.255 e. The molecular formula is C19H29NO2. The zero-order valence-corrected chi connectivity index (χ0v) is 13.5. The number of phenols is 1. The van der Waals surface area contributed by atoms with Gasteiger partial charge in [0.1, 0.15) is 5.75 Å². The van der Waals surface area contributed by atoms with Gasteiger partial charge >= 0.3 is 0 Å². The van der Waals surface area contributed by atoms with Gasteiger partial charge in [-0.25, -0.2) is 0 Å². The lowest BCUT2D eigenvalue weighted by atomic mass is 9.97. The first-order valence-corrected chi connectivity index (χ1v) is 8.86. The normalized spacial score (nSPS) is 18.9.